The lowest BCUT2D eigenvalue weighted by molar-refractivity contribution is -0.384. The van der Waals surface area contributed by atoms with Gasteiger partial charge in [0.05, 0.1) is 30.4 Å². The highest BCUT2D eigenvalue weighted by molar-refractivity contribution is 6.23. The Kier molecular flexibility index (Phi) is 6.42. The van der Waals surface area contributed by atoms with Gasteiger partial charge in [0.1, 0.15) is 6.61 Å². The van der Waals surface area contributed by atoms with Gasteiger partial charge < -0.3 is 19.5 Å². The largest absolute Gasteiger partial charge is 0.493 e. The average Bonchev–Trinajstić information content (AvgIpc) is 3.22. The number of benzene rings is 3. The standard InChI is InChI=1S/C29H24N2O7/c1-16-24(29(33)37-3)25(26-27(30-16)20-6-4-5-7-21(20)28(26)32)18-10-13-22(23(14-18)36-2)38-15-17-8-11-19(12-9-17)31(34)35/h4-14,25,30H,15H2,1-3H3/t25-/m1/s1. The molecule has 1 N–H and O–H groups in total. The molecule has 0 fully saturated rings. The minimum absolute atomic E-state index is 0.000279. The van der Waals surface area contributed by atoms with Crippen molar-refractivity contribution < 1.29 is 28.7 Å². The molecule has 192 valence electrons. The van der Waals surface area contributed by atoms with Crippen molar-refractivity contribution in [2.24, 2.45) is 0 Å². The number of allylic oxidation sites excluding steroid dienone is 2. The Morgan fingerprint density at radius 2 is 1.71 bits per heavy atom. The molecule has 1 aliphatic carbocycles. The van der Waals surface area contributed by atoms with E-state index >= 15 is 0 Å². The number of methoxy groups -OCH3 is 2. The van der Waals surface area contributed by atoms with Crippen LogP contribution in [0.25, 0.3) is 5.70 Å². The lowest BCUT2D eigenvalue weighted by Crippen LogP contribution is -2.29. The monoisotopic (exact) mass is 512 g/mol. The van der Waals surface area contributed by atoms with Gasteiger partial charge in [-0.3, -0.25) is 14.9 Å². The van der Waals surface area contributed by atoms with Crippen LogP contribution in [0.15, 0.2) is 83.6 Å². The second-order valence-corrected chi connectivity index (χ2v) is 8.87. The molecular formula is C29H24N2O7. The molecule has 0 unspecified atom stereocenters. The molecule has 3 aromatic rings. The Labute approximate surface area is 218 Å². The summed E-state index contributed by atoms with van der Waals surface area (Å²) in [5, 5.41) is 14.2. The molecule has 38 heavy (non-hydrogen) atoms. The normalized spacial score (nSPS) is 16.0. The number of Topliss-reactive ketones (excluding diaryl/α,β-unsaturated/α-hetero) is 1. The van der Waals surface area contributed by atoms with Gasteiger partial charge in [0.25, 0.3) is 5.69 Å². The van der Waals surface area contributed by atoms with E-state index in [2.05, 4.69) is 5.32 Å². The molecule has 0 amide bonds. The van der Waals surface area contributed by atoms with Crippen LogP contribution in [0.3, 0.4) is 0 Å². The van der Waals surface area contributed by atoms with Crippen LogP contribution in [0.1, 0.15) is 39.9 Å². The maximum atomic E-state index is 13.6. The molecule has 9 heteroatoms. The molecule has 0 aromatic heterocycles. The van der Waals surface area contributed by atoms with E-state index in [1.165, 1.54) is 26.4 Å². The number of dihydropyridines is 1. The summed E-state index contributed by atoms with van der Waals surface area (Å²) in [4.78, 5) is 36.9. The zero-order valence-electron chi connectivity index (χ0n) is 20.9. The zero-order chi connectivity index (χ0) is 27.0. The maximum Gasteiger partial charge on any atom is 0.336 e. The van der Waals surface area contributed by atoms with Crippen LogP contribution in [-0.4, -0.2) is 30.9 Å². The van der Waals surface area contributed by atoms with Crippen LogP contribution >= 0.6 is 0 Å². The number of ketones is 1. The van der Waals surface area contributed by atoms with E-state index in [0.29, 0.717) is 45.2 Å². The fourth-order valence-corrected chi connectivity index (χ4v) is 4.90. The minimum atomic E-state index is -0.684. The molecule has 0 radical (unpaired) electrons. The molecule has 1 heterocycles. The number of rotatable bonds is 7. The fourth-order valence-electron chi connectivity index (χ4n) is 4.90. The van der Waals surface area contributed by atoms with E-state index in [9.17, 15) is 19.7 Å². The highest BCUT2D eigenvalue weighted by atomic mass is 16.6. The van der Waals surface area contributed by atoms with Crippen molar-refractivity contribution in [1.29, 1.82) is 0 Å². The SMILES string of the molecule is COC(=O)C1=C(C)NC2=C(C(=O)c3ccccc32)[C@@H]1c1ccc(OCc2ccc([N+](=O)[O-])cc2)c(OC)c1. The van der Waals surface area contributed by atoms with Crippen molar-refractivity contribution in [3.05, 3.63) is 116 Å². The Hall–Kier alpha value is -4.92. The number of nitrogens with zero attached hydrogens (tertiary/aromatic N) is 1. The predicted molar refractivity (Wildman–Crippen MR) is 139 cm³/mol. The van der Waals surface area contributed by atoms with E-state index < -0.39 is 16.8 Å². The minimum Gasteiger partial charge on any atom is -0.493 e. The molecule has 0 bridgehead atoms. The first-order valence-electron chi connectivity index (χ1n) is 11.8. The Morgan fingerprint density at radius 1 is 1.00 bits per heavy atom. The number of hydrogen-bond acceptors (Lipinski definition) is 8. The lowest BCUT2D eigenvalue weighted by atomic mass is 9.79. The Morgan fingerprint density at radius 3 is 2.37 bits per heavy atom. The number of hydrogen-bond donors (Lipinski definition) is 1. The third-order valence-corrected chi connectivity index (χ3v) is 6.72. The second kappa shape index (κ2) is 9.85. The number of nitro groups is 1. The number of nitro benzene ring substituents is 1. The molecule has 2 aliphatic rings. The number of fused-ring (bicyclic) bond motifs is 2. The van der Waals surface area contributed by atoms with Crippen molar-refractivity contribution in [3.63, 3.8) is 0 Å². The van der Waals surface area contributed by atoms with Crippen molar-refractivity contribution in [3.8, 4) is 11.5 Å². The number of esters is 1. The zero-order valence-corrected chi connectivity index (χ0v) is 20.9. The van der Waals surface area contributed by atoms with Gasteiger partial charge in [-0.05, 0) is 42.3 Å². The lowest BCUT2D eigenvalue weighted by Gasteiger charge is -2.29. The highest BCUT2D eigenvalue weighted by Crippen LogP contribution is 2.48. The third-order valence-electron chi connectivity index (χ3n) is 6.72. The molecule has 1 atom stereocenters. The summed E-state index contributed by atoms with van der Waals surface area (Å²) in [5.41, 5.74) is 4.86. The van der Waals surface area contributed by atoms with Crippen LogP contribution in [0, 0.1) is 10.1 Å². The van der Waals surface area contributed by atoms with Gasteiger partial charge in [-0.25, -0.2) is 4.79 Å². The predicted octanol–water partition coefficient (Wildman–Crippen LogP) is 4.92. The molecule has 3 aromatic carbocycles. The molecule has 1 aliphatic heterocycles. The summed E-state index contributed by atoms with van der Waals surface area (Å²) in [6.45, 7) is 1.95. The maximum absolute atomic E-state index is 13.6. The number of carbonyl (C=O) groups is 2. The Balaban J connectivity index is 1.51. The van der Waals surface area contributed by atoms with E-state index in [0.717, 1.165) is 11.1 Å². The topological polar surface area (TPSA) is 117 Å². The molecule has 9 nitrogen and oxygen atoms in total. The van der Waals surface area contributed by atoms with Crippen molar-refractivity contribution >= 4 is 23.1 Å². The van der Waals surface area contributed by atoms with Crippen molar-refractivity contribution in [2.75, 3.05) is 14.2 Å². The van der Waals surface area contributed by atoms with E-state index in [1.807, 2.05) is 18.2 Å². The summed E-state index contributed by atoms with van der Waals surface area (Å²) in [6.07, 6.45) is 0. The second-order valence-electron chi connectivity index (χ2n) is 8.87. The van der Waals surface area contributed by atoms with Crippen molar-refractivity contribution in [1.82, 2.24) is 5.32 Å². The molecular weight excluding hydrogens is 488 g/mol. The third kappa shape index (κ3) is 4.17. The van der Waals surface area contributed by atoms with Crippen LogP contribution in [0.5, 0.6) is 11.5 Å². The van der Waals surface area contributed by atoms with Crippen LogP contribution in [0.2, 0.25) is 0 Å². The number of non-ortho nitro benzene ring substituents is 1. The summed E-state index contributed by atoms with van der Waals surface area (Å²) in [7, 11) is 2.81. The number of ether oxygens (including phenoxy) is 3. The fraction of sp³-hybridized carbons (Fsp3) is 0.172. The van der Waals surface area contributed by atoms with Gasteiger partial charge >= 0.3 is 5.97 Å². The summed E-state index contributed by atoms with van der Waals surface area (Å²) < 4.78 is 16.6. The molecule has 0 saturated carbocycles. The van der Waals surface area contributed by atoms with Crippen LogP contribution < -0.4 is 14.8 Å². The van der Waals surface area contributed by atoms with Gasteiger partial charge in [-0.2, -0.15) is 0 Å². The quantitative estimate of drug-likeness (QED) is 0.269. The Bertz CT molecular complexity index is 1540. The van der Waals surface area contributed by atoms with Crippen molar-refractivity contribution in [2.45, 2.75) is 19.4 Å². The highest BCUT2D eigenvalue weighted by Gasteiger charge is 2.43. The summed E-state index contributed by atoms with van der Waals surface area (Å²) >= 11 is 0. The van der Waals surface area contributed by atoms with E-state index in [4.69, 9.17) is 14.2 Å². The molecule has 5 rings (SSSR count). The first-order chi connectivity index (χ1) is 18.3. The van der Waals surface area contributed by atoms with Gasteiger partial charge in [0, 0.05) is 40.4 Å². The first kappa shape index (κ1) is 24.8. The molecule has 0 spiro atoms. The first-order valence-corrected chi connectivity index (χ1v) is 11.8. The molecule has 0 saturated heterocycles. The summed E-state index contributed by atoms with van der Waals surface area (Å²) in [5.74, 6) is -0.516. The van der Waals surface area contributed by atoms with Gasteiger partial charge in [0.2, 0.25) is 0 Å². The number of nitrogens with one attached hydrogen (secondary N) is 1. The van der Waals surface area contributed by atoms with Gasteiger partial charge in [-0.15, -0.1) is 0 Å². The van der Waals surface area contributed by atoms with E-state index in [1.54, 1.807) is 43.3 Å². The summed E-state index contributed by atoms with van der Waals surface area (Å²) in [6, 6.07) is 18.7. The van der Waals surface area contributed by atoms with E-state index in [-0.39, 0.29) is 18.1 Å². The smallest absolute Gasteiger partial charge is 0.336 e. The number of carbonyl (C=O) groups excluding carboxylic acids is 2. The van der Waals surface area contributed by atoms with Crippen LogP contribution in [-0.2, 0) is 16.1 Å². The van der Waals surface area contributed by atoms with Gasteiger partial charge in [0.15, 0.2) is 17.3 Å². The van der Waals surface area contributed by atoms with Gasteiger partial charge in [-0.1, -0.05) is 30.3 Å². The average molecular weight is 513 g/mol. The van der Waals surface area contributed by atoms with Crippen LogP contribution in [0.4, 0.5) is 5.69 Å².